The highest BCUT2D eigenvalue weighted by molar-refractivity contribution is 6.31. The molecule has 0 radical (unpaired) electrons. The Balaban J connectivity index is 2.05. The van der Waals surface area contributed by atoms with Gasteiger partial charge in [0.25, 0.3) is 0 Å². The molecular formula is C11H12ClNO. The lowest BCUT2D eigenvalue weighted by Gasteiger charge is -2.27. The second kappa shape index (κ2) is 3.23. The van der Waals surface area contributed by atoms with Gasteiger partial charge in [-0.15, -0.1) is 0 Å². The molecule has 74 valence electrons. The van der Waals surface area contributed by atoms with E-state index in [1.807, 2.05) is 12.1 Å². The average Bonchev–Trinajstić information content (AvgIpc) is 2.59. The Morgan fingerprint density at radius 3 is 3.29 bits per heavy atom. The molecular weight excluding hydrogens is 198 g/mol. The highest BCUT2D eigenvalue weighted by atomic mass is 35.5. The number of benzene rings is 1. The van der Waals surface area contributed by atoms with Gasteiger partial charge >= 0.3 is 0 Å². The lowest BCUT2D eigenvalue weighted by Crippen LogP contribution is -2.39. The predicted molar refractivity (Wildman–Crippen MR) is 55.6 cm³/mol. The molecule has 14 heavy (non-hydrogen) atoms. The summed E-state index contributed by atoms with van der Waals surface area (Å²) in [6.45, 7) is 1.75. The van der Waals surface area contributed by atoms with E-state index in [0.29, 0.717) is 12.1 Å². The molecule has 0 spiro atoms. The maximum Gasteiger partial charge on any atom is 0.0811 e. The Morgan fingerprint density at radius 1 is 1.43 bits per heavy atom. The van der Waals surface area contributed by atoms with E-state index in [2.05, 4.69) is 11.4 Å². The van der Waals surface area contributed by atoms with Crippen molar-refractivity contribution in [2.45, 2.75) is 18.6 Å². The van der Waals surface area contributed by atoms with E-state index in [1.54, 1.807) is 0 Å². The SMILES string of the molecule is Clc1cccc2c1CC1OCCNC21. The highest BCUT2D eigenvalue weighted by Gasteiger charge is 2.35. The topological polar surface area (TPSA) is 21.3 Å². The van der Waals surface area contributed by atoms with Crippen molar-refractivity contribution in [3.05, 3.63) is 34.3 Å². The Bertz CT molecular complexity index is 366. The van der Waals surface area contributed by atoms with E-state index < -0.39 is 0 Å². The van der Waals surface area contributed by atoms with Crippen LogP contribution in [0.15, 0.2) is 18.2 Å². The third-order valence-corrected chi connectivity index (χ3v) is 3.42. The summed E-state index contributed by atoms with van der Waals surface area (Å²) < 4.78 is 5.72. The average molecular weight is 210 g/mol. The summed E-state index contributed by atoms with van der Waals surface area (Å²) >= 11 is 6.15. The second-order valence-corrected chi connectivity index (χ2v) is 4.26. The third kappa shape index (κ3) is 1.18. The molecule has 1 aromatic rings. The largest absolute Gasteiger partial charge is 0.375 e. The summed E-state index contributed by atoms with van der Waals surface area (Å²) in [7, 11) is 0. The molecule has 2 atom stereocenters. The number of morpholine rings is 1. The monoisotopic (exact) mass is 209 g/mol. The van der Waals surface area contributed by atoms with E-state index in [9.17, 15) is 0 Å². The minimum atomic E-state index is 0.290. The Hall–Kier alpha value is -0.570. The number of halogens is 1. The zero-order valence-electron chi connectivity index (χ0n) is 7.79. The maximum absolute atomic E-state index is 6.15. The molecule has 0 amide bonds. The maximum atomic E-state index is 6.15. The zero-order chi connectivity index (χ0) is 9.54. The first kappa shape index (κ1) is 8.72. The van der Waals surface area contributed by atoms with Crippen molar-refractivity contribution < 1.29 is 4.74 Å². The number of nitrogens with one attached hydrogen (secondary N) is 1. The summed E-state index contributed by atoms with van der Waals surface area (Å²) in [5, 5.41) is 4.36. The minimum absolute atomic E-state index is 0.290. The molecule has 1 aliphatic heterocycles. The standard InChI is InChI=1S/C11H12ClNO/c12-9-3-1-2-7-8(9)6-10-11(7)13-4-5-14-10/h1-3,10-11,13H,4-6H2. The summed E-state index contributed by atoms with van der Waals surface area (Å²) in [5.74, 6) is 0. The van der Waals surface area contributed by atoms with Gasteiger partial charge in [-0.3, -0.25) is 0 Å². The van der Waals surface area contributed by atoms with Gasteiger partial charge in [-0.1, -0.05) is 23.7 Å². The van der Waals surface area contributed by atoms with E-state index >= 15 is 0 Å². The molecule has 1 fully saturated rings. The molecule has 3 heteroatoms. The summed E-state index contributed by atoms with van der Waals surface area (Å²) in [4.78, 5) is 0. The molecule has 0 bridgehead atoms. The van der Waals surface area contributed by atoms with Crippen LogP contribution in [0.3, 0.4) is 0 Å². The van der Waals surface area contributed by atoms with Gasteiger partial charge in [-0.2, -0.15) is 0 Å². The lowest BCUT2D eigenvalue weighted by atomic mass is 10.1. The van der Waals surface area contributed by atoms with Crippen LogP contribution < -0.4 is 5.32 Å². The van der Waals surface area contributed by atoms with Gasteiger partial charge in [0.2, 0.25) is 0 Å². The zero-order valence-corrected chi connectivity index (χ0v) is 8.55. The normalized spacial score (nSPS) is 29.8. The third-order valence-electron chi connectivity index (χ3n) is 3.07. The highest BCUT2D eigenvalue weighted by Crippen LogP contribution is 2.38. The van der Waals surface area contributed by atoms with Crippen LogP contribution in [0.5, 0.6) is 0 Å². The minimum Gasteiger partial charge on any atom is -0.375 e. The van der Waals surface area contributed by atoms with Gasteiger partial charge < -0.3 is 10.1 Å². The Morgan fingerprint density at radius 2 is 2.36 bits per heavy atom. The van der Waals surface area contributed by atoms with Crippen molar-refractivity contribution >= 4 is 11.6 Å². The number of rotatable bonds is 0. The van der Waals surface area contributed by atoms with Crippen molar-refractivity contribution in [3.63, 3.8) is 0 Å². The molecule has 2 aliphatic rings. The molecule has 0 aromatic heterocycles. The lowest BCUT2D eigenvalue weighted by molar-refractivity contribution is 0.00504. The second-order valence-electron chi connectivity index (χ2n) is 3.85. The van der Waals surface area contributed by atoms with Gasteiger partial charge in [0.1, 0.15) is 0 Å². The van der Waals surface area contributed by atoms with E-state index in [4.69, 9.17) is 16.3 Å². The summed E-state index contributed by atoms with van der Waals surface area (Å²) in [6.07, 6.45) is 1.24. The van der Waals surface area contributed by atoms with Crippen molar-refractivity contribution in [2.75, 3.05) is 13.2 Å². The van der Waals surface area contributed by atoms with Crippen LogP contribution in [0.1, 0.15) is 17.2 Å². The molecule has 1 aromatic carbocycles. The number of ether oxygens (including phenoxy) is 1. The smallest absolute Gasteiger partial charge is 0.0811 e. The first-order valence-corrected chi connectivity index (χ1v) is 5.36. The quantitative estimate of drug-likeness (QED) is 0.705. The number of hydrogen-bond donors (Lipinski definition) is 1. The fourth-order valence-electron chi connectivity index (χ4n) is 2.42. The predicted octanol–water partition coefficient (Wildman–Crippen LogP) is 1.93. The molecule has 0 saturated carbocycles. The molecule has 2 nitrogen and oxygen atoms in total. The van der Waals surface area contributed by atoms with E-state index in [1.165, 1.54) is 11.1 Å². The van der Waals surface area contributed by atoms with E-state index in [0.717, 1.165) is 24.6 Å². The molecule has 3 rings (SSSR count). The Kier molecular flexibility index (Phi) is 2.01. The molecule has 2 unspecified atom stereocenters. The fraction of sp³-hybridized carbons (Fsp3) is 0.455. The van der Waals surface area contributed by atoms with Crippen LogP contribution in [0.4, 0.5) is 0 Å². The van der Waals surface area contributed by atoms with Gasteiger partial charge in [0.05, 0.1) is 18.8 Å². The van der Waals surface area contributed by atoms with Crippen LogP contribution in [0.25, 0.3) is 0 Å². The molecule has 1 heterocycles. The Labute approximate surface area is 88.2 Å². The van der Waals surface area contributed by atoms with Crippen LogP contribution in [0, 0.1) is 0 Å². The van der Waals surface area contributed by atoms with Crippen molar-refractivity contribution in [2.24, 2.45) is 0 Å². The van der Waals surface area contributed by atoms with Gasteiger partial charge in [0, 0.05) is 18.0 Å². The number of hydrogen-bond acceptors (Lipinski definition) is 2. The summed E-state index contributed by atoms with van der Waals surface area (Å²) in [5.41, 5.74) is 2.58. The van der Waals surface area contributed by atoms with Gasteiger partial charge in [-0.05, 0) is 17.2 Å². The van der Waals surface area contributed by atoms with Crippen LogP contribution in [-0.4, -0.2) is 19.3 Å². The van der Waals surface area contributed by atoms with Crippen LogP contribution >= 0.6 is 11.6 Å². The van der Waals surface area contributed by atoms with E-state index in [-0.39, 0.29) is 0 Å². The van der Waals surface area contributed by atoms with Gasteiger partial charge in [0.15, 0.2) is 0 Å². The molecule has 1 saturated heterocycles. The molecule has 1 aliphatic carbocycles. The number of fused-ring (bicyclic) bond motifs is 3. The first-order chi connectivity index (χ1) is 6.86. The van der Waals surface area contributed by atoms with Crippen LogP contribution in [-0.2, 0) is 11.2 Å². The first-order valence-electron chi connectivity index (χ1n) is 4.98. The fourth-order valence-corrected chi connectivity index (χ4v) is 2.68. The van der Waals surface area contributed by atoms with Crippen molar-refractivity contribution in [1.29, 1.82) is 0 Å². The molecule has 1 N–H and O–H groups in total. The van der Waals surface area contributed by atoms with Crippen LogP contribution in [0.2, 0.25) is 5.02 Å². The summed E-state index contributed by atoms with van der Waals surface area (Å²) in [6, 6.07) is 6.47. The van der Waals surface area contributed by atoms with Crippen molar-refractivity contribution in [1.82, 2.24) is 5.32 Å². The van der Waals surface area contributed by atoms with Gasteiger partial charge in [-0.25, -0.2) is 0 Å². The van der Waals surface area contributed by atoms with Crippen molar-refractivity contribution in [3.8, 4) is 0 Å².